The fourth-order valence-electron chi connectivity index (χ4n) is 1.87. The molecule has 1 N–H and O–H groups in total. The lowest BCUT2D eigenvalue weighted by Gasteiger charge is -2.09. The highest BCUT2D eigenvalue weighted by molar-refractivity contribution is 7.85. The molecule has 6 heteroatoms. The Bertz CT molecular complexity index is 489. The summed E-state index contributed by atoms with van der Waals surface area (Å²) in [5, 5.41) is 8.49. The molecule has 0 radical (unpaired) electrons. The molecule has 18 heavy (non-hydrogen) atoms. The van der Waals surface area contributed by atoms with E-state index in [1.54, 1.807) is 6.07 Å². The van der Waals surface area contributed by atoms with Crippen LogP contribution in [0.5, 0.6) is 5.75 Å². The van der Waals surface area contributed by atoms with Gasteiger partial charge in [0.05, 0.1) is 12.2 Å². The first kappa shape index (κ1) is 13.0. The van der Waals surface area contributed by atoms with Crippen LogP contribution in [0.2, 0.25) is 0 Å². The fourth-order valence-corrected chi connectivity index (χ4v) is 3.04. The number of halogens is 1. The molecule has 0 aromatic heterocycles. The number of carbonyl (C=O) groups is 1. The van der Waals surface area contributed by atoms with Crippen LogP contribution >= 0.6 is 0 Å². The number of carboxylic acid groups (broad SMARTS) is 1. The summed E-state index contributed by atoms with van der Waals surface area (Å²) in [4.78, 5) is 10.3. The molecule has 0 amide bonds. The van der Waals surface area contributed by atoms with E-state index < -0.39 is 16.8 Å². The van der Waals surface area contributed by atoms with Crippen LogP contribution in [-0.2, 0) is 22.0 Å². The Kier molecular flexibility index (Phi) is 3.96. The molecule has 1 aliphatic heterocycles. The highest BCUT2D eigenvalue weighted by Crippen LogP contribution is 2.29. The first-order valence-corrected chi connectivity index (χ1v) is 7.05. The molecule has 2 unspecified atom stereocenters. The lowest BCUT2D eigenvalue weighted by atomic mass is 10.1. The van der Waals surface area contributed by atoms with Gasteiger partial charge in [0.25, 0.3) is 0 Å². The van der Waals surface area contributed by atoms with Crippen molar-refractivity contribution in [3.8, 4) is 5.75 Å². The zero-order valence-electron chi connectivity index (χ0n) is 9.60. The van der Waals surface area contributed by atoms with Crippen LogP contribution in [0.4, 0.5) is 4.39 Å². The van der Waals surface area contributed by atoms with Crippen molar-refractivity contribution in [1.82, 2.24) is 0 Å². The topological polar surface area (TPSA) is 63.6 Å². The maximum Gasteiger partial charge on any atom is 0.304 e. The molecule has 0 saturated carbocycles. The van der Waals surface area contributed by atoms with E-state index in [2.05, 4.69) is 0 Å². The molecular formula is C12H13FO4S. The minimum Gasteiger partial charge on any atom is -0.489 e. The maximum atomic E-state index is 13.0. The summed E-state index contributed by atoms with van der Waals surface area (Å²) in [6, 6.07) is 4.29. The van der Waals surface area contributed by atoms with Crippen LogP contribution < -0.4 is 4.74 Å². The Morgan fingerprint density at radius 2 is 2.33 bits per heavy atom. The zero-order valence-corrected chi connectivity index (χ0v) is 10.4. The molecule has 1 aromatic rings. The highest BCUT2D eigenvalue weighted by Gasteiger charge is 2.25. The Morgan fingerprint density at radius 3 is 3.06 bits per heavy atom. The van der Waals surface area contributed by atoms with Gasteiger partial charge in [-0.15, -0.1) is 0 Å². The molecule has 1 heterocycles. The van der Waals surface area contributed by atoms with Crippen molar-refractivity contribution in [1.29, 1.82) is 0 Å². The molecule has 1 aliphatic rings. The number of carboxylic acids is 1. The van der Waals surface area contributed by atoms with Gasteiger partial charge in [0.15, 0.2) is 0 Å². The fraction of sp³-hybridized carbons (Fsp3) is 0.417. The summed E-state index contributed by atoms with van der Waals surface area (Å²) < 4.78 is 30.1. The molecule has 1 aromatic carbocycles. The molecule has 0 bridgehead atoms. The van der Waals surface area contributed by atoms with Gasteiger partial charge in [-0.1, -0.05) is 0 Å². The molecule has 0 saturated heterocycles. The van der Waals surface area contributed by atoms with E-state index in [4.69, 9.17) is 9.84 Å². The molecule has 2 atom stereocenters. The second-order valence-corrected chi connectivity index (χ2v) is 5.77. The summed E-state index contributed by atoms with van der Waals surface area (Å²) in [6.45, 7) is 0. The van der Waals surface area contributed by atoms with Gasteiger partial charge in [0, 0.05) is 28.5 Å². The summed E-state index contributed by atoms with van der Waals surface area (Å²) in [5.74, 6) is -0.244. The molecular weight excluding hydrogens is 259 g/mol. The van der Waals surface area contributed by atoms with Crippen molar-refractivity contribution < 1.29 is 23.2 Å². The normalized spacial score (nSPS) is 19.1. The van der Waals surface area contributed by atoms with Crippen molar-refractivity contribution in [3.63, 3.8) is 0 Å². The van der Waals surface area contributed by atoms with Gasteiger partial charge in [-0.25, -0.2) is 4.39 Å². The number of benzene rings is 1. The molecule has 4 nitrogen and oxygen atoms in total. The molecule has 0 aliphatic carbocycles. The van der Waals surface area contributed by atoms with Crippen LogP contribution in [0.3, 0.4) is 0 Å². The van der Waals surface area contributed by atoms with Gasteiger partial charge >= 0.3 is 5.97 Å². The van der Waals surface area contributed by atoms with Crippen molar-refractivity contribution in [2.24, 2.45) is 0 Å². The van der Waals surface area contributed by atoms with E-state index in [-0.39, 0.29) is 29.8 Å². The van der Waals surface area contributed by atoms with Crippen molar-refractivity contribution in [2.45, 2.75) is 18.9 Å². The first-order chi connectivity index (χ1) is 8.54. The van der Waals surface area contributed by atoms with E-state index >= 15 is 0 Å². The van der Waals surface area contributed by atoms with Crippen LogP contribution in [0, 0.1) is 5.82 Å². The minimum absolute atomic E-state index is 0.110. The highest BCUT2D eigenvalue weighted by atomic mass is 32.2. The van der Waals surface area contributed by atoms with Crippen LogP contribution in [0.15, 0.2) is 18.2 Å². The smallest absolute Gasteiger partial charge is 0.304 e. The van der Waals surface area contributed by atoms with Gasteiger partial charge < -0.3 is 9.84 Å². The third kappa shape index (κ3) is 3.29. The van der Waals surface area contributed by atoms with E-state index in [0.717, 1.165) is 5.56 Å². The monoisotopic (exact) mass is 272 g/mol. The van der Waals surface area contributed by atoms with Gasteiger partial charge in [-0.05, 0) is 18.2 Å². The molecule has 2 rings (SSSR count). The molecule has 0 fully saturated rings. The van der Waals surface area contributed by atoms with E-state index in [9.17, 15) is 13.4 Å². The summed E-state index contributed by atoms with van der Waals surface area (Å²) in [6.07, 6.45) is 0.156. The molecule has 98 valence electrons. The van der Waals surface area contributed by atoms with Gasteiger partial charge in [-0.3, -0.25) is 9.00 Å². The van der Waals surface area contributed by atoms with Crippen LogP contribution in [0.1, 0.15) is 12.0 Å². The van der Waals surface area contributed by atoms with Gasteiger partial charge in [-0.2, -0.15) is 0 Å². The number of hydrogen-bond donors (Lipinski definition) is 1. The Labute approximate surface area is 106 Å². The van der Waals surface area contributed by atoms with Crippen molar-refractivity contribution in [3.05, 3.63) is 29.6 Å². The lowest BCUT2D eigenvalue weighted by molar-refractivity contribution is -0.136. The Hall–Kier alpha value is -1.43. The third-order valence-corrected chi connectivity index (χ3v) is 4.08. The average molecular weight is 272 g/mol. The first-order valence-electron chi connectivity index (χ1n) is 5.56. The van der Waals surface area contributed by atoms with Gasteiger partial charge in [0.1, 0.15) is 17.7 Å². The SMILES string of the molecule is O=C(O)CCS(=O)CC1Cc2cc(F)ccc2O1. The second-order valence-electron chi connectivity index (χ2n) is 4.15. The van der Waals surface area contributed by atoms with E-state index in [0.29, 0.717) is 12.2 Å². The number of hydrogen-bond acceptors (Lipinski definition) is 3. The van der Waals surface area contributed by atoms with Crippen molar-refractivity contribution >= 4 is 16.8 Å². The Balaban J connectivity index is 1.87. The second kappa shape index (κ2) is 5.48. The zero-order chi connectivity index (χ0) is 13.1. The largest absolute Gasteiger partial charge is 0.489 e. The summed E-state index contributed by atoms with van der Waals surface area (Å²) in [5.41, 5.74) is 0.773. The summed E-state index contributed by atoms with van der Waals surface area (Å²) in [7, 11) is -1.22. The molecule has 0 spiro atoms. The number of rotatable bonds is 5. The standard InChI is InChI=1S/C12H13FO4S/c13-9-1-2-11-8(5-9)6-10(17-11)7-18(16)4-3-12(14)15/h1-2,5,10H,3-4,6-7H2,(H,14,15). The van der Waals surface area contributed by atoms with Crippen LogP contribution in [0.25, 0.3) is 0 Å². The predicted molar refractivity (Wildman–Crippen MR) is 64.6 cm³/mol. The Morgan fingerprint density at radius 1 is 1.56 bits per heavy atom. The van der Waals surface area contributed by atoms with Crippen LogP contribution in [-0.4, -0.2) is 32.9 Å². The van der Waals surface area contributed by atoms with E-state index in [1.165, 1.54) is 12.1 Å². The van der Waals surface area contributed by atoms with E-state index in [1.807, 2.05) is 0 Å². The average Bonchev–Trinajstić information content (AvgIpc) is 2.67. The predicted octanol–water partition coefficient (Wildman–Crippen LogP) is 1.35. The van der Waals surface area contributed by atoms with Crippen molar-refractivity contribution in [2.75, 3.05) is 11.5 Å². The third-order valence-electron chi connectivity index (χ3n) is 2.68. The van der Waals surface area contributed by atoms with Gasteiger partial charge in [0.2, 0.25) is 0 Å². The minimum atomic E-state index is -1.22. The quantitative estimate of drug-likeness (QED) is 0.879. The summed E-state index contributed by atoms with van der Waals surface area (Å²) >= 11 is 0. The maximum absolute atomic E-state index is 13.0. The lowest BCUT2D eigenvalue weighted by Crippen LogP contribution is -2.23. The number of aliphatic carboxylic acids is 1. The number of fused-ring (bicyclic) bond motifs is 1. The number of ether oxygens (including phenoxy) is 1.